The maximum absolute atomic E-state index is 12.0. The van der Waals surface area contributed by atoms with Gasteiger partial charge in [0.05, 0.1) is 15.9 Å². The van der Waals surface area contributed by atoms with Crippen LogP contribution in [0.2, 0.25) is 0 Å². The summed E-state index contributed by atoms with van der Waals surface area (Å²) in [6.07, 6.45) is 5.07. The van der Waals surface area contributed by atoms with E-state index in [1.54, 1.807) is 12.1 Å². The Morgan fingerprint density at radius 1 is 0.941 bits per heavy atom. The molecule has 0 fully saturated rings. The molecule has 2 aromatic heterocycles. The maximum atomic E-state index is 12.0. The summed E-state index contributed by atoms with van der Waals surface area (Å²) in [6.45, 7) is 2.89. The van der Waals surface area contributed by atoms with Crippen molar-refractivity contribution in [3.8, 4) is 0 Å². The highest BCUT2D eigenvalue weighted by atomic mass is 35.5. The van der Waals surface area contributed by atoms with Crippen LogP contribution in [0.15, 0.2) is 47.4 Å². The summed E-state index contributed by atoms with van der Waals surface area (Å²) in [5, 5.41) is 6.42. The number of pyridine rings is 1. The van der Waals surface area contributed by atoms with Crippen LogP contribution in [0.4, 0.5) is 11.5 Å². The quantitative estimate of drug-likeness (QED) is 0.231. The number of hydrogen-bond acceptors (Lipinski definition) is 6. The Balaban J connectivity index is 0.00000324. The first-order valence-corrected chi connectivity index (χ1v) is 12.8. The number of fused-ring (bicyclic) bond motifs is 3. The lowest BCUT2D eigenvalue weighted by molar-refractivity contribution is 0.583. The van der Waals surface area contributed by atoms with Gasteiger partial charge in [-0.05, 0) is 49.4 Å². The van der Waals surface area contributed by atoms with Crippen molar-refractivity contribution in [2.75, 3.05) is 11.5 Å². The number of aromatic nitrogens is 3. The molecule has 6 N–H and O–H groups in total. The van der Waals surface area contributed by atoms with Gasteiger partial charge in [-0.1, -0.05) is 37.6 Å². The standard InChI is InChI=1S/C24H30N6O2S.ClH/c1-2-3-14-21-29-22-23(17-10-4-5-12-19(17)28-24(22)26)30(21)15-7-6-9-16-18(25)11-8-13-20(16)33(27,31)32;/h4-5,8,10-13H,2-3,6-7,9,14-15,25H2,1H3,(H2,26,28)(H2,27,31,32);1H. The van der Waals surface area contributed by atoms with Crippen LogP contribution in [-0.4, -0.2) is 23.0 Å². The Morgan fingerprint density at radius 3 is 2.44 bits per heavy atom. The zero-order valence-corrected chi connectivity index (χ0v) is 20.8. The van der Waals surface area contributed by atoms with E-state index in [1.807, 2.05) is 18.2 Å². The van der Waals surface area contributed by atoms with Crippen molar-refractivity contribution in [1.29, 1.82) is 0 Å². The average molecular weight is 503 g/mol. The molecule has 2 aromatic carbocycles. The fourth-order valence-corrected chi connectivity index (χ4v) is 5.19. The van der Waals surface area contributed by atoms with Crippen LogP contribution in [0.1, 0.15) is 44.0 Å². The van der Waals surface area contributed by atoms with Crippen LogP contribution in [0.5, 0.6) is 0 Å². The molecule has 0 unspecified atom stereocenters. The molecule has 34 heavy (non-hydrogen) atoms. The lowest BCUT2D eigenvalue weighted by atomic mass is 10.1. The second-order valence-electron chi connectivity index (χ2n) is 8.32. The number of halogens is 1. The average Bonchev–Trinajstić information content (AvgIpc) is 3.14. The van der Waals surface area contributed by atoms with E-state index in [0.717, 1.165) is 66.4 Å². The molecular weight excluding hydrogens is 472 g/mol. The Labute approximate surface area is 206 Å². The molecule has 0 amide bonds. The molecule has 0 aliphatic carbocycles. The van der Waals surface area contributed by atoms with Crippen LogP contribution < -0.4 is 16.6 Å². The molecule has 0 atom stereocenters. The van der Waals surface area contributed by atoms with Gasteiger partial charge in [0, 0.05) is 24.0 Å². The van der Waals surface area contributed by atoms with E-state index >= 15 is 0 Å². The van der Waals surface area contributed by atoms with E-state index < -0.39 is 10.0 Å². The number of hydrogen-bond donors (Lipinski definition) is 3. The van der Waals surface area contributed by atoms with Gasteiger partial charge in [0.2, 0.25) is 10.0 Å². The van der Waals surface area contributed by atoms with Crippen LogP contribution in [0.3, 0.4) is 0 Å². The van der Waals surface area contributed by atoms with Crippen molar-refractivity contribution in [3.05, 3.63) is 53.9 Å². The number of nitrogen functional groups attached to an aromatic ring is 2. The molecule has 2 heterocycles. The van der Waals surface area contributed by atoms with Crippen molar-refractivity contribution < 1.29 is 8.42 Å². The van der Waals surface area contributed by atoms with Gasteiger partial charge >= 0.3 is 0 Å². The van der Waals surface area contributed by atoms with Crippen molar-refractivity contribution in [1.82, 2.24) is 14.5 Å². The van der Waals surface area contributed by atoms with Crippen LogP contribution >= 0.6 is 12.4 Å². The van der Waals surface area contributed by atoms with E-state index in [2.05, 4.69) is 22.5 Å². The summed E-state index contributed by atoms with van der Waals surface area (Å²) >= 11 is 0. The highest BCUT2D eigenvalue weighted by Gasteiger charge is 2.18. The van der Waals surface area contributed by atoms with Crippen molar-refractivity contribution in [2.45, 2.75) is 56.9 Å². The second-order valence-corrected chi connectivity index (χ2v) is 9.85. The molecule has 0 radical (unpaired) electrons. The predicted octanol–water partition coefficient (Wildman–Crippen LogP) is 4.18. The van der Waals surface area contributed by atoms with E-state index in [0.29, 0.717) is 23.5 Å². The van der Waals surface area contributed by atoms with E-state index in [4.69, 9.17) is 21.6 Å². The lowest BCUT2D eigenvalue weighted by Crippen LogP contribution is -2.15. The molecule has 0 saturated carbocycles. The zero-order valence-electron chi connectivity index (χ0n) is 19.2. The Kier molecular flexibility index (Phi) is 8.01. The third-order valence-corrected chi connectivity index (χ3v) is 6.97. The number of anilines is 2. The van der Waals surface area contributed by atoms with Crippen molar-refractivity contribution >= 4 is 55.9 Å². The number of imidazole rings is 1. The predicted molar refractivity (Wildman–Crippen MR) is 140 cm³/mol. The molecule has 10 heteroatoms. The lowest BCUT2D eigenvalue weighted by Gasteiger charge is -2.13. The van der Waals surface area contributed by atoms with Gasteiger partial charge in [-0.15, -0.1) is 12.4 Å². The first-order chi connectivity index (χ1) is 15.8. The van der Waals surface area contributed by atoms with Gasteiger partial charge < -0.3 is 16.0 Å². The summed E-state index contributed by atoms with van der Waals surface area (Å²) in [7, 11) is -3.83. The first-order valence-electron chi connectivity index (χ1n) is 11.2. The third kappa shape index (κ3) is 5.11. The van der Waals surface area contributed by atoms with Crippen molar-refractivity contribution in [3.63, 3.8) is 0 Å². The van der Waals surface area contributed by atoms with Gasteiger partial charge in [-0.2, -0.15) is 0 Å². The van der Waals surface area contributed by atoms with Gasteiger partial charge in [0.15, 0.2) is 5.82 Å². The minimum Gasteiger partial charge on any atom is -0.398 e. The number of nitrogens with two attached hydrogens (primary N) is 3. The maximum Gasteiger partial charge on any atom is 0.238 e. The SMILES string of the molecule is CCCCc1nc2c(N)nc3ccccc3c2n1CCCCc1c(N)cccc1S(N)(=O)=O.Cl. The highest BCUT2D eigenvalue weighted by Crippen LogP contribution is 2.30. The molecule has 0 saturated heterocycles. The number of para-hydroxylation sites is 1. The molecule has 8 nitrogen and oxygen atoms in total. The summed E-state index contributed by atoms with van der Waals surface area (Å²) in [5.74, 6) is 1.44. The highest BCUT2D eigenvalue weighted by molar-refractivity contribution is 7.89. The Hall–Kier alpha value is -2.88. The minimum atomic E-state index is -3.83. The molecule has 182 valence electrons. The third-order valence-electron chi connectivity index (χ3n) is 5.98. The number of primary sulfonamides is 1. The van der Waals surface area contributed by atoms with E-state index in [1.165, 1.54) is 6.07 Å². The Morgan fingerprint density at radius 2 is 1.71 bits per heavy atom. The van der Waals surface area contributed by atoms with Crippen LogP contribution in [-0.2, 0) is 29.4 Å². The molecular formula is C24H31ClN6O2S. The minimum absolute atomic E-state index is 0. The van der Waals surface area contributed by atoms with Gasteiger partial charge in [0.25, 0.3) is 0 Å². The monoisotopic (exact) mass is 502 g/mol. The molecule has 4 aromatic rings. The molecule has 4 rings (SSSR count). The number of sulfonamides is 1. The molecule has 0 aliphatic rings. The number of nitrogens with zero attached hydrogens (tertiary/aromatic N) is 3. The number of benzene rings is 2. The summed E-state index contributed by atoms with van der Waals surface area (Å²) in [5.41, 5.74) is 16.0. The molecule has 0 spiro atoms. The fourth-order valence-electron chi connectivity index (χ4n) is 4.36. The van der Waals surface area contributed by atoms with E-state index in [9.17, 15) is 8.42 Å². The summed E-state index contributed by atoms with van der Waals surface area (Å²) in [4.78, 5) is 9.49. The zero-order chi connectivity index (χ0) is 23.6. The number of aryl methyl sites for hydroxylation is 2. The van der Waals surface area contributed by atoms with Gasteiger partial charge in [-0.25, -0.2) is 23.5 Å². The second kappa shape index (κ2) is 10.6. The number of unbranched alkanes of at least 4 members (excludes halogenated alkanes) is 2. The molecule has 0 bridgehead atoms. The molecule has 0 aliphatic heterocycles. The van der Waals surface area contributed by atoms with Crippen LogP contribution in [0, 0.1) is 0 Å². The van der Waals surface area contributed by atoms with Gasteiger partial charge in [0.1, 0.15) is 11.3 Å². The fraction of sp³-hybridized carbons (Fsp3) is 0.333. The Bertz CT molecular complexity index is 1420. The largest absolute Gasteiger partial charge is 0.398 e. The topological polar surface area (TPSA) is 143 Å². The van der Waals surface area contributed by atoms with Gasteiger partial charge in [-0.3, -0.25) is 0 Å². The van der Waals surface area contributed by atoms with Crippen LogP contribution in [0.25, 0.3) is 21.9 Å². The van der Waals surface area contributed by atoms with Crippen molar-refractivity contribution in [2.24, 2.45) is 5.14 Å². The first kappa shape index (κ1) is 25.7. The smallest absolute Gasteiger partial charge is 0.238 e. The summed E-state index contributed by atoms with van der Waals surface area (Å²) in [6, 6.07) is 12.8. The number of rotatable bonds is 9. The van der Waals surface area contributed by atoms with E-state index in [-0.39, 0.29) is 17.3 Å². The summed E-state index contributed by atoms with van der Waals surface area (Å²) < 4.78 is 26.2. The normalized spacial score (nSPS) is 11.7.